The molecule has 0 saturated heterocycles. The van der Waals surface area contributed by atoms with Crippen molar-refractivity contribution in [3.05, 3.63) is 59.7 Å². The van der Waals surface area contributed by atoms with E-state index in [0.717, 1.165) is 24.2 Å². The molecule has 0 aromatic heterocycles. The van der Waals surface area contributed by atoms with E-state index in [9.17, 15) is 4.79 Å². The summed E-state index contributed by atoms with van der Waals surface area (Å²) in [5, 5.41) is 4.03. The van der Waals surface area contributed by atoms with Crippen molar-refractivity contribution in [2.45, 2.75) is 26.7 Å². The van der Waals surface area contributed by atoms with Crippen LogP contribution in [0, 0.1) is 0 Å². The number of nitrogens with one attached hydrogen (secondary N) is 1. The summed E-state index contributed by atoms with van der Waals surface area (Å²) in [6.45, 7) is 5.37. The van der Waals surface area contributed by atoms with Crippen molar-refractivity contribution < 1.29 is 14.3 Å². The Balaban J connectivity index is 2.07. The monoisotopic (exact) mass is 340 g/mol. The lowest BCUT2D eigenvalue weighted by Crippen LogP contribution is -2.17. The molecule has 5 nitrogen and oxygen atoms in total. The zero-order valence-electron chi connectivity index (χ0n) is 14.7. The molecule has 0 aliphatic carbocycles. The van der Waals surface area contributed by atoms with E-state index < -0.39 is 0 Å². The second kappa shape index (κ2) is 10.1. The van der Waals surface area contributed by atoms with Crippen LogP contribution in [0.1, 0.15) is 42.6 Å². The third-order valence-electron chi connectivity index (χ3n) is 3.33. The normalized spacial score (nSPS) is 10.6. The Hall–Kier alpha value is -2.82. The molecule has 0 saturated carbocycles. The second-order valence-electron chi connectivity index (χ2n) is 5.46. The molecule has 0 atom stereocenters. The van der Waals surface area contributed by atoms with Crippen LogP contribution in [0.15, 0.2) is 53.6 Å². The molecule has 0 spiro atoms. The maximum Gasteiger partial charge on any atom is 0.271 e. The number of carbonyl (C=O) groups excluding carboxylic acids is 1. The van der Waals surface area contributed by atoms with E-state index in [1.54, 1.807) is 18.3 Å². The number of amides is 1. The van der Waals surface area contributed by atoms with Gasteiger partial charge in [0.1, 0.15) is 11.5 Å². The van der Waals surface area contributed by atoms with Crippen molar-refractivity contribution in [3.63, 3.8) is 0 Å². The van der Waals surface area contributed by atoms with Crippen molar-refractivity contribution in [1.29, 1.82) is 0 Å². The van der Waals surface area contributed by atoms with Gasteiger partial charge in [-0.1, -0.05) is 32.0 Å². The van der Waals surface area contributed by atoms with Gasteiger partial charge >= 0.3 is 0 Å². The minimum atomic E-state index is -0.254. The Labute approximate surface area is 148 Å². The average molecular weight is 340 g/mol. The smallest absolute Gasteiger partial charge is 0.271 e. The number of nitrogens with zero attached hydrogens (tertiary/aromatic N) is 1. The van der Waals surface area contributed by atoms with Gasteiger partial charge in [0.15, 0.2) is 0 Å². The molecule has 2 aromatic rings. The van der Waals surface area contributed by atoms with Crippen molar-refractivity contribution >= 4 is 12.1 Å². The average Bonchev–Trinajstić information content (AvgIpc) is 2.66. The predicted octanol–water partition coefficient (Wildman–Crippen LogP) is 4.03. The van der Waals surface area contributed by atoms with Crippen LogP contribution in [-0.2, 0) is 0 Å². The SMILES string of the molecule is CCCOc1ccc(/C=N\NC(=O)c2ccccc2)c(OCCC)c1. The summed E-state index contributed by atoms with van der Waals surface area (Å²) in [5.41, 5.74) is 3.87. The summed E-state index contributed by atoms with van der Waals surface area (Å²) in [7, 11) is 0. The molecule has 1 amide bonds. The van der Waals surface area contributed by atoms with Crippen LogP contribution >= 0.6 is 0 Å². The molecule has 0 aliphatic heterocycles. The Bertz CT molecular complexity index is 699. The first kappa shape index (κ1) is 18.5. The van der Waals surface area contributed by atoms with Gasteiger partial charge < -0.3 is 9.47 Å². The van der Waals surface area contributed by atoms with E-state index >= 15 is 0 Å². The number of hydrazone groups is 1. The van der Waals surface area contributed by atoms with Crippen LogP contribution in [0.2, 0.25) is 0 Å². The fraction of sp³-hybridized carbons (Fsp3) is 0.300. The number of ether oxygens (including phenoxy) is 2. The quantitative estimate of drug-likeness (QED) is 0.554. The molecule has 2 rings (SSSR count). The number of benzene rings is 2. The fourth-order valence-corrected chi connectivity index (χ4v) is 2.08. The zero-order chi connectivity index (χ0) is 17.9. The lowest BCUT2D eigenvalue weighted by molar-refractivity contribution is 0.0955. The summed E-state index contributed by atoms with van der Waals surface area (Å²) < 4.78 is 11.4. The van der Waals surface area contributed by atoms with E-state index in [0.29, 0.717) is 24.5 Å². The maximum absolute atomic E-state index is 12.0. The number of rotatable bonds is 9. The zero-order valence-corrected chi connectivity index (χ0v) is 14.7. The molecule has 1 N–H and O–H groups in total. The summed E-state index contributed by atoms with van der Waals surface area (Å²) in [6, 6.07) is 14.5. The maximum atomic E-state index is 12.0. The van der Waals surface area contributed by atoms with E-state index in [2.05, 4.69) is 17.5 Å². The molecule has 0 unspecified atom stereocenters. The van der Waals surface area contributed by atoms with E-state index in [4.69, 9.17) is 9.47 Å². The molecule has 0 fully saturated rings. The minimum absolute atomic E-state index is 0.254. The van der Waals surface area contributed by atoms with Gasteiger partial charge in [-0.25, -0.2) is 5.43 Å². The van der Waals surface area contributed by atoms with Crippen LogP contribution in [0.3, 0.4) is 0 Å². The van der Waals surface area contributed by atoms with Gasteiger partial charge in [0.2, 0.25) is 0 Å². The highest BCUT2D eigenvalue weighted by Gasteiger charge is 2.06. The Kier molecular flexibility index (Phi) is 7.50. The molecule has 25 heavy (non-hydrogen) atoms. The summed E-state index contributed by atoms with van der Waals surface area (Å²) in [4.78, 5) is 12.0. The van der Waals surface area contributed by atoms with Gasteiger partial charge in [-0.05, 0) is 37.1 Å². The van der Waals surface area contributed by atoms with Crippen molar-refractivity contribution in [2.24, 2.45) is 5.10 Å². The van der Waals surface area contributed by atoms with Gasteiger partial charge in [0.05, 0.1) is 19.4 Å². The Morgan fingerprint density at radius 3 is 2.48 bits per heavy atom. The van der Waals surface area contributed by atoms with Crippen molar-refractivity contribution in [1.82, 2.24) is 5.43 Å². The third kappa shape index (κ3) is 5.95. The van der Waals surface area contributed by atoms with Crippen LogP contribution in [0.4, 0.5) is 0 Å². The van der Waals surface area contributed by atoms with E-state index in [1.807, 2.05) is 43.3 Å². The van der Waals surface area contributed by atoms with Gasteiger partial charge in [0, 0.05) is 17.2 Å². The highest BCUT2D eigenvalue weighted by atomic mass is 16.5. The topological polar surface area (TPSA) is 59.9 Å². The molecule has 0 heterocycles. The van der Waals surface area contributed by atoms with Gasteiger partial charge in [-0.2, -0.15) is 5.10 Å². The standard InChI is InChI=1S/C20H24N2O3/c1-3-12-24-18-11-10-17(19(14-18)25-13-4-2)15-21-22-20(23)16-8-6-5-7-9-16/h5-11,14-15H,3-4,12-13H2,1-2H3,(H,22,23)/b21-15-. The highest BCUT2D eigenvalue weighted by Crippen LogP contribution is 2.24. The summed E-state index contributed by atoms with van der Waals surface area (Å²) in [5.74, 6) is 1.20. The summed E-state index contributed by atoms with van der Waals surface area (Å²) in [6.07, 6.45) is 3.43. The fourth-order valence-electron chi connectivity index (χ4n) is 2.08. The lowest BCUT2D eigenvalue weighted by atomic mass is 10.2. The van der Waals surface area contributed by atoms with Crippen LogP contribution < -0.4 is 14.9 Å². The molecule has 0 aliphatic rings. The molecule has 2 aromatic carbocycles. The van der Waals surface area contributed by atoms with E-state index in [1.165, 1.54) is 0 Å². The highest BCUT2D eigenvalue weighted by molar-refractivity contribution is 5.95. The van der Waals surface area contributed by atoms with Crippen molar-refractivity contribution in [3.8, 4) is 11.5 Å². The molecule has 132 valence electrons. The first-order valence-corrected chi connectivity index (χ1v) is 8.52. The Morgan fingerprint density at radius 1 is 1.04 bits per heavy atom. The van der Waals surface area contributed by atoms with E-state index in [-0.39, 0.29) is 5.91 Å². The van der Waals surface area contributed by atoms with Crippen LogP contribution in [0.25, 0.3) is 0 Å². The Morgan fingerprint density at radius 2 is 1.76 bits per heavy atom. The first-order valence-electron chi connectivity index (χ1n) is 8.52. The molecule has 0 radical (unpaired) electrons. The molecule has 0 bridgehead atoms. The lowest BCUT2D eigenvalue weighted by Gasteiger charge is -2.11. The predicted molar refractivity (Wildman–Crippen MR) is 99.5 cm³/mol. The molecule has 5 heteroatoms. The number of hydrogen-bond acceptors (Lipinski definition) is 4. The van der Waals surface area contributed by atoms with Crippen molar-refractivity contribution in [2.75, 3.05) is 13.2 Å². The van der Waals surface area contributed by atoms with Gasteiger partial charge in [-0.3, -0.25) is 4.79 Å². The minimum Gasteiger partial charge on any atom is -0.493 e. The molecular weight excluding hydrogens is 316 g/mol. The summed E-state index contributed by atoms with van der Waals surface area (Å²) >= 11 is 0. The van der Waals surface area contributed by atoms with Crippen LogP contribution in [0.5, 0.6) is 11.5 Å². The largest absolute Gasteiger partial charge is 0.493 e. The third-order valence-corrected chi connectivity index (χ3v) is 3.33. The second-order valence-corrected chi connectivity index (χ2v) is 5.46. The van der Waals surface area contributed by atoms with Gasteiger partial charge in [-0.15, -0.1) is 0 Å². The number of carbonyl (C=O) groups is 1. The van der Waals surface area contributed by atoms with Crippen LogP contribution in [-0.4, -0.2) is 25.3 Å². The number of hydrogen-bond donors (Lipinski definition) is 1. The molecular formula is C20H24N2O3. The van der Waals surface area contributed by atoms with Gasteiger partial charge in [0.25, 0.3) is 5.91 Å². The first-order chi connectivity index (χ1) is 12.2.